The van der Waals surface area contributed by atoms with E-state index in [0.717, 1.165) is 18.4 Å². The van der Waals surface area contributed by atoms with E-state index >= 15 is 0 Å². The van der Waals surface area contributed by atoms with Crippen molar-refractivity contribution in [1.82, 2.24) is 4.90 Å². The monoisotopic (exact) mass is 422 g/mol. The molecule has 1 aromatic rings. The zero-order valence-electron chi connectivity index (χ0n) is 14.8. The van der Waals surface area contributed by atoms with Crippen LogP contribution in [0.4, 0.5) is 13.2 Å². The van der Waals surface area contributed by atoms with Gasteiger partial charge in [0, 0.05) is 13.1 Å². The van der Waals surface area contributed by atoms with Crippen LogP contribution in [0.3, 0.4) is 0 Å². The first-order chi connectivity index (χ1) is 12.9. The van der Waals surface area contributed by atoms with Crippen LogP contribution in [-0.2, 0) is 19.4 Å². The fourth-order valence-corrected chi connectivity index (χ4v) is 4.69. The number of nitrogens with zero attached hydrogens (tertiary/aromatic N) is 1. The number of hydrogen-bond donors (Lipinski definition) is 2. The minimum Gasteiger partial charge on any atom is -0.475 e. The molecular formula is C17H21F3N2O5S. The van der Waals surface area contributed by atoms with E-state index in [9.17, 15) is 26.4 Å². The highest BCUT2D eigenvalue weighted by molar-refractivity contribution is 7.91. The summed E-state index contributed by atoms with van der Waals surface area (Å²) in [6, 6.07) is 8.16. The van der Waals surface area contributed by atoms with Crippen molar-refractivity contribution < 1.29 is 36.3 Å². The molecule has 2 atom stereocenters. The van der Waals surface area contributed by atoms with E-state index < -0.39 is 33.3 Å². The van der Waals surface area contributed by atoms with Crippen LogP contribution in [0.5, 0.6) is 0 Å². The summed E-state index contributed by atoms with van der Waals surface area (Å²) in [4.78, 5) is 22.9. The van der Waals surface area contributed by atoms with Gasteiger partial charge in [-0.1, -0.05) is 30.3 Å². The number of amides is 1. The number of sulfone groups is 1. The summed E-state index contributed by atoms with van der Waals surface area (Å²) in [5.41, 5.74) is 6.55. The molecule has 1 amide bonds. The first-order valence-corrected chi connectivity index (χ1v) is 10.2. The lowest BCUT2D eigenvalue weighted by Crippen LogP contribution is -2.45. The number of nitrogens with two attached hydrogens (primary N) is 1. The molecule has 0 radical (unpaired) electrons. The second-order valence-electron chi connectivity index (χ2n) is 6.82. The van der Waals surface area contributed by atoms with Crippen LogP contribution in [0, 0.1) is 5.92 Å². The Kier molecular flexibility index (Phi) is 6.71. The van der Waals surface area contributed by atoms with Gasteiger partial charge in [-0.15, -0.1) is 0 Å². The van der Waals surface area contributed by atoms with Crippen LogP contribution in [0.25, 0.3) is 0 Å². The summed E-state index contributed by atoms with van der Waals surface area (Å²) in [6.07, 6.45) is -2.86. The Morgan fingerprint density at radius 2 is 1.75 bits per heavy atom. The Morgan fingerprint density at radius 1 is 1.21 bits per heavy atom. The molecule has 11 heteroatoms. The van der Waals surface area contributed by atoms with Gasteiger partial charge in [0.15, 0.2) is 9.84 Å². The molecule has 0 aromatic heterocycles. The van der Waals surface area contributed by atoms with Gasteiger partial charge in [0.1, 0.15) is 5.25 Å². The third kappa shape index (κ3) is 5.93. The van der Waals surface area contributed by atoms with Crippen LogP contribution in [0.15, 0.2) is 30.3 Å². The van der Waals surface area contributed by atoms with Crippen molar-refractivity contribution >= 4 is 21.7 Å². The Morgan fingerprint density at radius 3 is 2.21 bits per heavy atom. The first kappa shape index (κ1) is 22.2. The molecule has 1 saturated heterocycles. The van der Waals surface area contributed by atoms with E-state index in [-0.39, 0.29) is 18.2 Å². The molecule has 0 unspecified atom stereocenters. The number of benzene rings is 1. The van der Waals surface area contributed by atoms with E-state index in [2.05, 4.69) is 0 Å². The van der Waals surface area contributed by atoms with Gasteiger partial charge in [0.05, 0.1) is 11.8 Å². The molecule has 0 spiro atoms. The first-order valence-electron chi connectivity index (χ1n) is 8.53. The molecule has 1 aliphatic carbocycles. The average Bonchev–Trinajstić information content (AvgIpc) is 3.41. The predicted molar refractivity (Wildman–Crippen MR) is 93.9 cm³/mol. The fraction of sp³-hybridized carbons (Fsp3) is 0.529. The number of rotatable bonds is 3. The standard InChI is InChI=1S/C15H20N2O3S.C2HF3O2/c16-13-10-21(19,20)14(12-4-2-1-3-5-12)9-17(15(13)18)8-11-6-7-11;3-2(4,5)1(6)7/h1-5,11,13-14H,6-10,16H2;(H,6,7)/t13-,14-;/m1./s1. The summed E-state index contributed by atoms with van der Waals surface area (Å²) in [6.45, 7) is 0.848. The summed E-state index contributed by atoms with van der Waals surface area (Å²) >= 11 is 0. The van der Waals surface area contributed by atoms with Crippen molar-refractivity contribution in [2.45, 2.75) is 30.3 Å². The van der Waals surface area contributed by atoms with Crippen LogP contribution in [0.2, 0.25) is 0 Å². The molecule has 28 heavy (non-hydrogen) atoms. The van der Waals surface area contributed by atoms with Crippen molar-refractivity contribution in [3.63, 3.8) is 0 Å². The maximum atomic E-state index is 12.5. The molecule has 7 nitrogen and oxygen atoms in total. The van der Waals surface area contributed by atoms with Gasteiger partial charge in [0.25, 0.3) is 0 Å². The van der Waals surface area contributed by atoms with Gasteiger partial charge in [-0.3, -0.25) is 4.79 Å². The van der Waals surface area contributed by atoms with Crippen molar-refractivity contribution in [1.29, 1.82) is 0 Å². The fourth-order valence-electron chi connectivity index (χ4n) is 2.83. The van der Waals surface area contributed by atoms with E-state index in [4.69, 9.17) is 15.6 Å². The minimum absolute atomic E-state index is 0.218. The van der Waals surface area contributed by atoms with Crippen molar-refractivity contribution in [3.05, 3.63) is 35.9 Å². The number of carbonyl (C=O) groups is 2. The SMILES string of the molecule is N[C@@H]1CS(=O)(=O)[C@@H](c2ccccc2)CN(CC2CC2)C1=O.O=C(O)C(F)(F)F. The summed E-state index contributed by atoms with van der Waals surface area (Å²) < 4.78 is 56.8. The third-order valence-corrected chi connectivity index (χ3v) is 6.56. The largest absolute Gasteiger partial charge is 0.490 e. The lowest BCUT2D eigenvalue weighted by molar-refractivity contribution is -0.192. The molecule has 2 fully saturated rings. The normalized spacial score (nSPS) is 24.7. The Bertz CT molecular complexity index is 810. The molecule has 2 aliphatic rings. The topological polar surface area (TPSA) is 118 Å². The zero-order valence-corrected chi connectivity index (χ0v) is 15.6. The molecule has 3 N–H and O–H groups in total. The molecule has 1 aliphatic heterocycles. The van der Waals surface area contributed by atoms with Crippen molar-refractivity contribution in [2.24, 2.45) is 11.7 Å². The molecular weight excluding hydrogens is 401 g/mol. The second kappa shape index (κ2) is 8.48. The quantitative estimate of drug-likeness (QED) is 0.759. The number of carboxylic acid groups (broad SMARTS) is 1. The summed E-state index contributed by atoms with van der Waals surface area (Å²) in [5, 5.41) is 6.45. The van der Waals surface area contributed by atoms with Gasteiger partial charge in [0.2, 0.25) is 5.91 Å². The maximum Gasteiger partial charge on any atom is 0.490 e. The number of hydrogen-bond acceptors (Lipinski definition) is 5. The van der Waals surface area contributed by atoms with Crippen LogP contribution < -0.4 is 5.73 Å². The molecule has 1 aromatic carbocycles. The van der Waals surface area contributed by atoms with Gasteiger partial charge in [-0.2, -0.15) is 13.2 Å². The van der Waals surface area contributed by atoms with Crippen molar-refractivity contribution in [3.8, 4) is 0 Å². The molecule has 1 heterocycles. The van der Waals surface area contributed by atoms with Crippen molar-refractivity contribution in [2.75, 3.05) is 18.8 Å². The molecule has 3 rings (SSSR count). The lowest BCUT2D eigenvalue weighted by atomic mass is 10.1. The number of carbonyl (C=O) groups excluding carboxylic acids is 1. The highest BCUT2D eigenvalue weighted by atomic mass is 32.2. The highest BCUT2D eigenvalue weighted by Crippen LogP contribution is 2.33. The molecule has 1 saturated carbocycles. The van der Waals surface area contributed by atoms with E-state index in [0.29, 0.717) is 12.5 Å². The summed E-state index contributed by atoms with van der Waals surface area (Å²) in [5.74, 6) is -2.75. The Hall–Kier alpha value is -2.14. The third-order valence-electron chi connectivity index (χ3n) is 4.45. The van der Waals surface area contributed by atoms with Gasteiger partial charge < -0.3 is 15.7 Å². The van der Waals surface area contributed by atoms with Crippen LogP contribution in [0.1, 0.15) is 23.7 Å². The maximum absolute atomic E-state index is 12.5. The summed E-state index contributed by atoms with van der Waals surface area (Å²) in [7, 11) is -3.43. The predicted octanol–water partition coefficient (Wildman–Crippen LogP) is 1.36. The zero-order chi connectivity index (χ0) is 21.1. The van der Waals surface area contributed by atoms with Gasteiger partial charge >= 0.3 is 12.1 Å². The van der Waals surface area contributed by atoms with Crippen LogP contribution >= 0.6 is 0 Å². The van der Waals surface area contributed by atoms with E-state index in [1.807, 2.05) is 18.2 Å². The lowest BCUT2D eigenvalue weighted by Gasteiger charge is -2.25. The number of carboxylic acids is 1. The minimum atomic E-state index is -5.08. The smallest absolute Gasteiger partial charge is 0.475 e. The Balaban J connectivity index is 0.000000345. The van der Waals surface area contributed by atoms with Crippen LogP contribution in [-0.4, -0.2) is 61.4 Å². The highest BCUT2D eigenvalue weighted by Gasteiger charge is 2.40. The molecule has 0 bridgehead atoms. The number of alkyl halides is 3. The second-order valence-corrected chi connectivity index (χ2v) is 9.05. The van der Waals surface area contributed by atoms with Gasteiger partial charge in [-0.05, 0) is 24.3 Å². The van der Waals surface area contributed by atoms with Gasteiger partial charge in [-0.25, -0.2) is 13.2 Å². The number of halogens is 3. The number of aliphatic carboxylic acids is 1. The average molecular weight is 422 g/mol. The molecule has 156 valence electrons. The van der Waals surface area contributed by atoms with E-state index in [1.54, 1.807) is 17.0 Å². The van der Waals surface area contributed by atoms with E-state index in [1.165, 1.54) is 0 Å². The Labute approximate surface area is 160 Å².